The Morgan fingerprint density at radius 1 is 1.26 bits per heavy atom. The van der Waals surface area contributed by atoms with Crippen LogP contribution in [-0.2, 0) is 21.3 Å². The van der Waals surface area contributed by atoms with Gasteiger partial charge in [-0.3, -0.25) is 4.98 Å². The van der Waals surface area contributed by atoms with Gasteiger partial charge in [0.1, 0.15) is 5.82 Å². The van der Waals surface area contributed by atoms with Gasteiger partial charge in [-0.05, 0) is 43.2 Å². The monoisotopic (exact) mass is 513 g/mol. The van der Waals surface area contributed by atoms with Crippen molar-refractivity contribution in [1.29, 1.82) is 0 Å². The van der Waals surface area contributed by atoms with Crippen LogP contribution in [0.3, 0.4) is 0 Å². The number of ether oxygens (including phenoxy) is 1. The molecule has 1 aromatic carbocycles. The maximum absolute atomic E-state index is 13.3. The van der Waals surface area contributed by atoms with Gasteiger partial charge in [0.25, 0.3) is 0 Å². The van der Waals surface area contributed by atoms with E-state index in [-0.39, 0.29) is 36.4 Å². The second-order valence-electron chi connectivity index (χ2n) is 6.68. The summed E-state index contributed by atoms with van der Waals surface area (Å²) in [6.07, 6.45) is 2.24. The molecular formula is C19H23Cl3FN3O4S. The second kappa shape index (κ2) is 11.8. The van der Waals surface area contributed by atoms with E-state index in [1.54, 1.807) is 18.2 Å². The van der Waals surface area contributed by atoms with Gasteiger partial charge in [-0.2, -0.15) is 0 Å². The van der Waals surface area contributed by atoms with Crippen molar-refractivity contribution >= 4 is 58.1 Å². The minimum atomic E-state index is -3.53. The number of pyridine rings is 1. The van der Waals surface area contributed by atoms with Crippen molar-refractivity contribution in [3.05, 3.63) is 58.6 Å². The Morgan fingerprint density at radius 3 is 2.48 bits per heavy atom. The van der Waals surface area contributed by atoms with Gasteiger partial charge in [0, 0.05) is 25.0 Å². The van der Waals surface area contributed by atoms with Crippen molar-refractivity contribution in [1.82, 2.24) is 9.71 Å². The fourth-order valence-electron chi connectivity index (χ4n) is 3.17. The van der Waals surface area contributed by atoms with Crippen molar-refractivity contribution < 1.29 is 22.3 Å². The number of esters is 1. The van der Waals surface area contributed by atoms with E-state index in [2.05, 4.69) is 14.4 Å². The minimum absolute atomic E-state index is 0. The van der Waals surface area contributed by atoms with Gasteiger partial charge in [0.15, 0.2) is 0 Å². The molecule has 1 N–H and O–H groups in total. The van der Waals surface area contributed by atoms with Crippen LogP contribution in [0.25, 0.3) is 0 Å². The highest BCUT2D eigenvalue weighted by atomic mass is 35.5. The molecule has 2 aromatic rings. The van der Waals surface area contributed by atoms with Crippen LogP contribution in [0, 0.1) is 5.82 Å². The highest BCUT2D eigenvalue weighted by molar-refractivity contribution is 7.90. The molecule has 0 aliphatic carbocycles. The van der Waals surface area contributed by atoms with Crippen molar-refractivity contribution in [2.24, 2.45) is 0 Å². The number of hydrogen-bond acceptors (Lipinski definition) is 6. The topological polar surface area (TPSA) is 88.6 Å². The van der Waals surface area contributed by atoms with E-state index in [0.717, 1.165) is 5.69 Å². The molecule has 0 saturated carbocycles. The van der Waals surface area contributed by atoms with Crippen molar-refractivity contribution in [3.8, 4) is 0 Å². The number of piperidine rings is 1. The normalized spacial score (nSPS) is 14.4. The maximum Gasteiger partial charge on any atom is 0.339 e. The summed E-state index contributed by atoms with van der Waals surface area (Å²) in [4.78, 5) is 17.5. The highest BCUT2D eigenvalue weighted by Gasteiger charge is 2.30. The summed E-state index contributed by atoms with van der Waals surface area (Å²) in [5.74, 6) is -0.982. The first-order chi connectivity index (χ1) is 13.8. The number of nitrogens with zero attached hydrogens (tertiary/aromatic N) is 2. The number of rotatable bonds is 6. The van der Waals surface area contributed by atoms with E-state index in [1.165, 1.54) is 25.4 Å². The van der Waals surface area contributed by atoms with Crippen molar-refractivity contribution in [2.45, 2.75) is 24.6 Å². The molecular weight excluding hydrogens is 492 g/mol. The summed E-state index contributed by atoms with van der Waals surface area (Å²) in [7, 11) is -2.25. The largest absolute Gasteiger partial charge is 0.465 e. The molecule has 1 aromatic heterocycles. The van der Waals surface area contributed by atoms with Crippen molar-refractivity contribution in [3.63, 3.8) is 0 Å². The number of methoxy groups -OCH3 is 1. The number of anilines is 1. The zero-order chi connectivity index (χ0) is 21.0. The van der Waals surface area contributed by atoms with Gasteiger partial charge in [0.2, 0.25) is 10.0 Å². The molecule has 2 heterocycles. The van der Waals surface area contributed by atoms with Crippen LogP contribution in [0.4, 0.5) is 10.1 Å². The first kappa shape index (κ1) is 27.4. The molecule has 1 aliphatic heterocycles. The van der Waals surface area contributed by atoms with E-state index in [0.29, 0.717) is 37.2 Å². The molecule has 0 spiro atoms. The van der Waals surface area contributed by atoms with Gasteiger partial charge >= 0.3 is 5.97 Å². The lowest BCUT2D eigenvalue weighted by atomic mass is 10.1. The lowest BCUT2D eigenvalue weighted by Crippen LogP contribution is -2.43. The molecule has 1 saturated heterocycles. The lowest BCUT2D eigenvalue weighted by Gasteiger charge is -2.33. The smallest absolute Gasteiger partial charge is 0.339 e. The Hall–Kier alpha value is -1.65. The molecule has 31 heavy (non-hydrogen) atoms. The van der Waals surface area contributed by atoms with Crippen LogP contribution in [-0.4, -0.2) is 44.8 Å². The number of nitrogens with one attached hydrogen (secondary N) is 1. The fraction of sp³-hybridized carbons (Fsp3) is 0.368. The lowest BCUT2D eigenvalue weighted by molar-refractivity contribution is 0.0600. The van der Waals surface area contributed by atoms with Crippen LogP contribution >= 0.6 is 36.4 Å². The van der Waals surface area contributed by atoms with Gasteiger partial charge in [0.05, 0.1) is 35.2 Å². The molecule has 0 radical (unpaired) electrons. The summed E-state index contributed by atoms with van der Waals surface area (Å²) in [6, 6.07) is 7.61. The molecule has 1 aliphatic rings. The Bertz CT molecular complexity index is 985. The van der Waals surface area contributed by atoms with Gasteiger partial charge < -0.3 is 9.64 Å². The number of carbonyl (C=O) groups excluding carboxylic acids is 1. The molecule has 0 atom stereocenters. The maximum atomic E-state index is 13.3. The van der Waals surface area contributed by atoms with E-state index >= 15 is 0 Å². The molecule has 0 bridgehead atoms. The summed E-state index contributed by atoms with van der Waals surface area (Å²) >= 11 is 5.83. The average Bonchev–Trinajstić information content (AvgIpc) is 2.74. The Kier molecular flexibility index (Phi) is 10.4. The third-order valence-electron chi connectivity index (χ3n) is 4.85. The first-order valence-corrected chi connectivity index (χ1v) is 10.9. The number of sulfonamides is 1. The standard InChI is InChI=1S/C19H21ClFN3O4S.2ClH/c1-28-19(25)13-2-3-14(22-11-13)12-23-29(26,27)16-6-8-24(9-7-16)15-4-5-18(21)17(20)10-15;;/h2-5,10-11,16,23H,6-9,12H2,1H3;2*1H. The van der Waals surface area contributed by atoms with E-state index in [9.17, 15) is 17.6 Å². The Morgan fingerprint density at radius 2 is 1.94 bits per heavy atom. The number of benzene rings is 1. The summed E-state index contributed by atoms with van der Waals surface area (Å²) in [6.45, 7) is 1.09. The molecule has 1 fully saturated rings. The van der Waals surface area contributed by atoms with E-state index < -0.39 is 27.1 Å². The van der Waals surface area contributed by atoms with Gasteiger partial charge in [-0.25, -0.2) is 22.3 Å². The molecule has 0 unspecified atom stereocenters. The first-order valence-electron chi connectivity index (χ1n) is 9.02. The summed E-state index contributed by atoms with van der Waals surface area (Å²) in [5.41, 5.74) is 1.57. The Labute approximate surface area is 198 Å². The summed E-state index contributed by atoms with van der Waals surface area (Å²) < 4.78 is 45.7. The molecule has 0 amide bonds. The molecule has 3 rings (SSSR count). The van der Waals surface area contributed by atoms with Gasteiger partial charge in [-0.1, -0.05) is 11.6 Å². The molecule has 172 valence electrons. The highest BCUT2D eigenvalue weighted by Crippen LogP contribution is 2.27. The number of hydrogen-bond donors (Lipinski definition) is 1. The summed E-state index contributed by atoms with van der Waals surface area (Å²) in [5, 5.41) is -0.478. The SMILES string of the molecule is COC(=O)c1ccc(CNS(=O)(=O)C2CCN(c3ccc(F)c(Cl)c3)CC2)nc1.Cl.Cl. The zero-order valence-corrected chi connectivity index (χ0v) is 19.8. The van der Waals surface area contributed by atoms with Crippen LogP contribution in [0.2, 0.25) is 5.02 Å². The molecule has 7 nitrogen and oxygen atoms in total. The van der Waals surface area contributed by atoms with Crippen LogP contribution in [0.5, 0.6) is 0 Å². The third kappa shape index (κ3) is 6.92. The zero-order valence-electron chi connectivity index (χ0n) is 16.6. The van der Waals surface area contributed by atoms with E-state index in [1.807, 2.05) is 4.90 Å². The van der Waals surface area contributed by atoms with E-state index in [4.69, 9.17) is 11.6 Å². The number of carbonyl (C=O) groups is 1. The molecule has 12 heteroatoms. The van der Waals surface area contributed by atoms with Crippen LogP contribution in [0.15, 0.2) is 36.5 Å². The minimum Gasteiger partial charge on any atom is -0.465 e. The predicted octanol–water partition coefficient (Wildman–Crippen LogP) is 3.59. The number of halogens is 4. The van der Waals surface area contributed by atoms with Crippen LogP contribution < -0.4 is 9.62 Å². The predicted molar refractivity (Wildman–Crippen MR) is 122 cm³/mol. The van der Waals surface area contributed by atoms with Gasteiger partial charge in [-0.15, -0.1) is 24.8 Å². The fourth-order valence-corrected chi connectivity index (χ4v) is 4.76. The quantitative estimate of drug-likeness (QED) is 0.593. The number of aromatic nitrogens is 1. The average molecular weight is 515 g/mol. The van der Waals surface area contributed by atoms with Crippen molar-refractivity contribution in [2.75, 3.05) is 25.1 Å². The van der Waals surface area contributed by atoms with Crippen LogP contribution in [0.1, 0.15) is 28.9 Å². The third-order valence-corrected chi connectivity index (χ3v) is 7.03. The Balaban J connectivity index is 0.00000240. The second-order valence-corrected chi connectivity index (χ2v) is 9.13.